The maximum Gasteiger partial charge on any atom is 0.142 e. The molecule has 1 fully saturated rings. The predicted molar refractivity (Wildman–Crippen MR) is 71.8 cm³/mol. The van der Waals surface area contributed by atoms with E-state index in [1.165, 1.54) is 12.1 Å². The summed E-state index contributed by atoms with van der Waals surface area (Å²) in [6, 6.07) is 2.81. The number of nitrogens with one attached hydrogen (secondary N) is 1. The maximum atomic E-state index is 13.4. The van der Waals surface area contributed by atoms with Gasteiger partial charge in [0.05, 0.1) is 18.2 Å². The third kappa shape index (κ3) is 2.97. The second kappa shape index (κ2) is 5.33. The molecule has 5 heteroatoms. The number of hydrogen-bond acceptors (Lipinski definition) is 2. The number of rotatable bonds is 4. The van der Waals surface area contributed by atoms with Gasteiger partial charge >= 0.3 is 0 Å². The number of ether oxygens (including phenoxy) is 1. The summed E-state index contributed by atoms with van der Waals surface area (Å²) >= 11 is 11.8. The summed E-state index contributed by atoms with van der Waals surface area (Å²) in [5, 5.41) is 3.89. The average molecular weight is 292 g/mol. The lowest BCUT2D eigenvalue weighted by molar-refractivity contribution is -0.0999. The second-order valence-electron chi connectivity index (χ2n) is 5.19. The molecule has 0 radical (unpaired) electrons. The van der Waals surface area contributed by atoms with Gasteiger partial charge in [0.25, 0.3) is 0 Å². The van der Waals surface area contributed by atoms with Gasteiger partial charge in [0.1, 0.15) is 5.82 Å². The first-order valence-corrected chi connectivity index (χ1v) is 6.62. The highest BCUT2D eigenvalue weighted by Crippen LogP contribution is 2.30. The van der Waals surface area contributed by atoms with Crippen molar-refractivity contribution in [1.29, 1.82) is 0 Å². The molecule has 18 heavy (non-hydrogen) atoms. The zero-order valence-corrected chi connectivity index (χ0v) is 11.9. The van der Waals surface area contributed by atoms with Crippen LogP contribution in [-0.2, 0) is 4.74 Å². The van der Waals surface area contributed by atoms with Gasteiger partial charge in [0, 0.05) is 23.0 Å². The van der Waals surface area contributed by atoms with E-state index in [1.54, 1.807) is 0 Å². The summed E-state index contributed by atoms with van der Waals surface area (Å²) in [5.74, 6) is -0.442. The molecule has 0 aliphatic carbocycles. The second-order valence-corrected chi connectivity index (χ2v) is 6.01. The Morgan fingerprint density at radius 2 is 2.06 bits per heavy atom. The van der Waals surface area contributed by atoms with Crippen molar-refractivity contribution >= 4 is 23.2 Å². The number of halogens is 3. The van der Waals surface area contributed by atoms with Crippen LogP contribution >= 0.6 is 23.2 Å². The largest absolute Gasteiger partial charge is 0.380 e. The van der Waals surface area contributed by atoms with Crippen molar-refractivity contribution in [2.24, 2.45) is 5.41 Å². The average Bonchev–Trinajstić information content (AvgIpc) is 2.28. The van der Waals surface area contributed by atoms with Gasteiger partial charge in [-0.05, 0) is 24.6 Å². The molecule has 1 atom stereocenters. The number of benzene rings is 1. The number of hydrogen-bond donors (Lipinski definition) is 1. The van der Waals surface area contributed by atoms with E-state index < -0.39 is 5.82 Å². The predicted octanol–water partition coefficient (Wildman–Crippen LogP) is 3.82. The lowest BCUT2D eigenvalue weighted by Gasteiger charge is -2.39. The zero-order valence-electron chi connectivity index (χ0n) is 10.4. The molecule has 2 rings (SSSR count). The van der Waals surface area contributed by atoms with Gasteiger partial charge in [-0.3, -0.25) is 0 Å². The van der Waals surface area contributed by atoms with Crippen LogP contribution in [0.1, 0.15) is 25.5 Å². The standard InChI is InChI=1S/C13H16Cl2FNO/c1-8(17-5-13(2)6-18-7-13)9-3-12(16)11(15)4-10(9)14/h3-4,8,17H,5-7H2,1-2H3. The van der Waals surface area contributed by atoms with Crippen LogP contribution in [-0.4, -0.2) is 19.8 Å². The van der Waals surface area contributed by atoms with E-state index in [9.17, 15) is 4.39 Å². The van der Waals surface area contributed by atoms with Crippen molar-refractivity contribution in [3.8, 4) is 0 Å². The van der Waals surface area contributed by atoms with Gasteiger partial charge in [-0.25, -0.2) is 4.39 Å². The summed E-state index contributed by atoms with van der Waals surface area (Å²) in [7, 11) is 0. The summed E-state index contributed by atoms with van der Waals surface area (Å²) in [5.41, 5.74) is 0.897. The smallest absolute Gasteiger partial charge is 0.142 e. The Morgan fingerprint density at radius 1 is 1.39 bits per heavy atom. The molecule has 1 saturated heterocycles. The summed E-state index contributed by atoms with van der Waals surface area (Å²) < 4.78 is 18.6. The van der Waals surface area contributed by atoms with Crippen LogP contribution in [0.3, 0.4) is 0 Å². The van der Waals surface area contributed by atoms with E-state index in [4.69, 9.17) is 27.9 Å². The van der Waals surface area contributed by atoms with Crippen molar-refractivity contribution in [2.75, 3.05) is 19.8 Å². The zero-order chi connectivity index (χ0) is 13.3. The topological polar surface area (TPSA) is 21.3 Å². The molecule has 0 bridgehead atoms. The molecule has 0 spiro atoms. The van der Waals surface area contributed by atoms with E-state index in [0.717, 1.165) is 25.3 Å². The van der Waals surface area contributed by atoms with Crippen molar-refractivity contribution < 1.29 is 9.13 Å². The monoisotopic (exact) mass is 291 g/mol. The molecule has 1 aliphatic rings. The quantitative estimate of drug-likeness (QED) is 0.852. The van der Waals surface area contributed by atoms with Gasteiger partial charge in [-0.2, -0.15) is 0 Å². The van der Waals surface area contributed by atoms with Crippen molar-refractivity contribution in [3.63, 3.8) is 0 Å². The molecular weight excluding hydrogens is 276 g/mol. The molecule has 0 saturated carbocycles. The highest BCUT2D eigenvalue weighted by molar-refractivity contribution is 6.35. The Bertz CT molecular complexity index is 449. The molecule has 1 unspecified atom stereocenters. The minimum absolute atomic E-state index is 0.0262. The lowest BCUT2D eigenvalue weighted by Crippen LogP contribution is -2.47. The van der Waals surface area contributed by atoms with Gasteiger partial charge < -0.3 is 10.1 Å². The van der Waals surface area contributed by atoms with E-state index in [0.29, 0.717) is 5.02 Å². The third-order valence-corrected chi connectivity index (χ3v) is 3.86. The van der Waals surface area contributed by atoms with Crippen LogP contribution in [0.4, 0.5) is 4.39 Å². The molecule has 1 aromatic carbocycles. The molecule has 0 aromatic heterocycles. The fraction of sp³-hybridized carbons (Fsp3) is 0.538. The molecule has 1 N–H and O–H groups in total. The normalized spacial score (nSPS) is 19.4. The van der Waals surface area contributed by atoms with Crippen LogP contribution in [0, 0.1) is 11.2 Å². The molecule has 100 valence electrons. The Balaban J connectivity index is 2.04. The highest BCUT2D eigenvalue weighted by Gasteiger charge is 2.33. The van der Waals surface area contributed by atoms with E-state index in [2.05, 4.69) is 12.2 Å². The van der Waals surface area contributed by atoms with Crippen LogP contribution in [0.15, 0.2) is 12.1 Å². The fourth-order valence-electron chi connectivity index (χ4n) is 1.93. The van der Waals surface area contributed by atoms with Gasteiger partial charge in [0.2, 0.25) is 0 Å². The van der Waals surface area contributed by atoms with Crippen LogP contribution < -0.4 is 5.32 Å². The minimum Gasteiger partial charge on any atom is -0.380 e. The van der Waals surface area contributed by atoms with Crippen LogP contribution in [0.5, 0.6) is 0 Å². The molecule has 2 nitrogen and oxygen atoms in total. The summed E-state index contributed by atoms with van der Waals surface area (Å²) in [4.78, 5) is 0. The SMILES string of the molecule is CC(NCC1(C)COC1)c1cc(F)c(Cl)cc1Cl. The first-order chi connectivity index (χ1) is 8.41. The molecular formula is C13H16Cl2FNO. The Labute approximate surface area is 116 Å². The molecule has 1 aromatic rings. The van der Waals surface area contributed by atoms with Crippen molar-refractivity contribution in [2.45, 2.75) is 19.9 Å². The Kier molecular flexibility index (Phi) is 4.17. The fourth-order valence-corrected chi connectivity index (χ4v) is 2.48. The molecule has 0 amide bonds. The van der Waals surface area contributed by atoms with Crippen molar-refractivity contribution in [1.82, 2.24) is 5.32 Å². The summed E-state index contributed by atoms with van der Waals surface area (Å²) in [6.07, 6.45) is 0. The maximum absolute atomic E-state index is 13.4. The van der Waals surface area contributed by atoms with Gasteiger partial charge in [-0.1, -0.05) is 30.1 Å². The van der Waals surface area contributed by atoms with Crippen LogP contribution in [0.2, 0.25) is 10.0 Å². The van der Waals surface area contributed by atoms with E-state index >= 15 is 0 Å². The molecule has 1 aliphatic heterocycles. The van der Waals surface area contributed by atoms with Gasteiger partial charge in [-0.15, -0.1) is 0 Å². The third-order valence-electron chi connectivity index (χ3n) is 3.24. The first-order valence-electron chi connectivity index (χ1n) is 5.87. The van der Waals surface area contributed by atoms with Gasteiger partial charge in [0.15, 0.2) is 0 Å². The lowest BCUT2D eigenvalue weighted by atomic mass is 9.88. The molecule has 1 heterocycles. The van der Waals surface area contributed by atoms with Crippen LogP contribution in [0.25, 0.3) is 0 Å². The minimum atomic E-state index is -0.442. The van der Waals surface area contributed by atoms with E-state index in [1.807, 2.05) is 6.92 Å². The van der Waals surface area contributed by atoms with Crippen molar-refractivity contribution in [3.05, 3.63) is 33.6 Å². The first kappa shape index (κ1) is 14.1. The summed E-state index contributed by atoms with van der Waals surface area (Å²) in [6.45, 7) is 6.44. The Morgan fingerprint density at radius 3 is 2.61 bits per heavy atom. The Hall–Kier alpha value is -0.350. The highest BCUT2D eigenvalue weighted by atomic mass is 35.5. The van der Waals surface area contributed by atoms with E-state index in [-0.39, 0.29) is 16.5 Å².